The van der Waals surface area contributed by atoms with E-state index in [2.05, 4.69) is 41.3 Å². The van der Waals surface area contributed by atoms with Crippen LogP contribution in [-0.4, -0.2) is 10.9 Å². The third-order valence-corrected chi connectivity index (χ3v) is 3.75. The van der Waals surface area contributed by atoms with Crippen LogP contribution in [0.1, 0.15) is 21.0 Å². The van der Waals surface area contributed by atoms with Gasteiger partial charge in [0.05, 0.1) is 11.6 Å². The Morgan fingerprint density at radius 1 is 1.30 bits per heavy atom. The molecular formula is C14H19IN4S. The molecule has 0 aliphatic carbocycles. The van der Waals surface area contributed by atoms with Crippen LogP contribution in [-0.2, 0) is 6.54 Å². The van der Waals surface area contributed by atoms with Gasteiger partial charge in [0, 0.05) is 16.8 Å². The summed E-state index contributed by atoms with van der Waals surface area (Å²) in [5, 5.41) is 4.15. The molecule has 0 amide bonds. The monoisotopic (exact) mass is 402 g/mol. The van der Waals surface area contributed by atoms with Crippen molar-refractivity contribution >= 4 is 47.0 Å². The fraction of sp³-hybridized carbons (Fsp3) is 0.286. The van der Waals surface area contributed by atoms with Crippen LogP contribution in [0, 0.1) is 20.8 Å². The summed E-state index contributed by atoms with van der Waals surface area (Å²) >= 11 is 1.64. The minimum atomic E-state index is 0. The predicted molar refractivity (Wildman–Crippen MR) is 97.1 cm³/mol. The van der Waals surface area contributed by atoms with Crippen LogP contribution in [0.5, 0.6) is 0 Å². The van der Waals surface area contributed by atoms with E-state index in [9.17, 15) is 0 Å². The van der Waals surface area contributed by atoms with Crippen molar-refractivity contribution in [3.8, 4) is 0 Å². The van der Waals surface area contributed by atoms with E-state index in [1.165, 1.54) is 11.1 Å². The molecule has 0 atom stereocenters. The summed E-state index contributed by atoms with van der Waals surface area (Å²) in [7, 11) is 0. The zero-order valence-electron chi connectivity index (χ0n) is 11.8. The minimum absolute atomic E-state index is 0. The van der Waals surface area contributed by atoms with E-state index in [1.807, 2.05) is 19.2 Å². The molecule has 1 aromatic carbocycles. The molecule has 3 N–H and O–H groups in total. The summed E-state index contributed by atoms with van der Waals surface area (Å²) in [5.41, 5.74) is 9.33. The van der Waals surface area contributed by atoms with Crippen LogP contribution in [0.15, 0.2) is 29.4 Å². The lowest BCUT2D eigenvalue weighted by molar-refractivity contribution is 1.08. The largest absolute Gasteiger partial charge is 0.370 e. The molecule has 0 bridgehead atoms. The number of hydrogen-bond donors (Lipinski definition) is 2. The second kappa shape index (κ2) is 7.58. The lowest BCUT2D eigenvalue weighted by Crippen LogP contribution is -2.22. The van der Waals surface area contributed by atoms with Crippen molar-refractivity contribution < 1.29 is 0 Å². The van der Waals surface area contributed by atoms with Crippen molar-refractivity contribution in [3.63, 3.8) is 0 Å². The highest BCUT2D eigenvalue weighted by molar-refractivity contribution is 14.0. The Kier molecular flexibility index (Phi) is 6.41. The van der Waals surface area contributed by atoms with Gasteiger partial charge in [-0.1, -0.05) is 6.07 Å². The minimum Gasteiger partial charge on any atom is -0.370 e. The first-order chi connectivity index (χ1) is 9.04. The Morgan fingerprint density at radius 2 is 2.05 bits per heavy atom. The first-order valence-electron chi connectivity index (χ1n) is 6.10. The fourth-order valence-electron chi connectivity index (χ4n) is 1.65. The molecule has 0 fully saturated rings. The van der Waals surface area contributed by atoms with Gasteiger partial charge in [-0.15, -0.1) is 35.3 Å². The van der Waals surface area contributed by atoms with Gasteiger partial charge in [0.1, 0.15) is 0 Å². The summed E-state index contributed by atoms with van der Waals surface area (Å²) in [4.78, 5) is 9.61. The van der Waals surface area contributed by atoms with Crippen molar-refractivity contribution in [3.05, 3.63) is 45.4 Å². The second-order valence-corrected chi connectivity index (χ2v) is 5.79. The first kappa shape index (κ1) is 16.9. The van der Waals surface area contributed by atoms with E-state index >= 15 is 0 Å². The van der Waals surface area contributed by atoms with Crippen LogP contribution < -0.4 is 11.1 Å². The molecular weight excluding hydrogens is 383 g/mol. The number of nitrogens with zero attached hydrogens (tertiary/aromatic N) is 2. The summed E-state index contributed by atoms with van der Waals surface area (Å²) in [6.07, 6.45) is 1.84. The van der Waals surface area contributed by atoms with Crippen molar-refractivity contribution in [2.45, 2.75) is 27.3 Å². The number of aliphatic imine (C=N–C) groups is 1. The highest BCUT2D eigenvalue weighted by atomic mass is 127. The van der Waals surface area contributed by atoms with Gasteiger partial charge in [-0.05, 0) is 44.0 Å². The smallest absolute Gasteiger partial charge is 0.193 e. The van der Waals surface area contributed by atoms with Crippen molar-refractivity contribution in [1.82, 2.24) is 4.98 Å². The highest BCUT2D eigenvalue weighted by Crippen LogP contribution is 2.14. The zero-order chi connectivity index (χ0) is 13.8. The van der Waals surface area contributed by atoms with E-state index in [0.29, 0.717) is 12.5 Å². The van der Waals surface area contributed by atoms with Gasteiger partial charge in [-0.25, -0.2) is 9.98 Å². The number of nitrogens with one attached hydrogen (secondary N) is 1. The number of benzene rings is 1. The van der Waals surface area contributed by atoms with Crippen LogP contribution >= 0.6 is 35.3 Å². The molecule has 0 saturated carbocycles. The van der Waals surface area contributed by atoms with Crippen molar-refractivity contribution in [2.24, 2.45) is 10.7 Å². The lowest BCUT2D eigenvalue weighted by Gasteiger charge is -2.07. The standard InChI is InChI=1S/C14H18N4S.HI/c1-9-4-5-12(6-10(9)2)18-14(15)17-8-13-7-16-11(3)19-13;/h4-7H,8H2,1-3H3,(H3,15,17,18);1H. The Hall–Kier alpha value is -1.15. The van der Waals surface area contributed by atoms with E-state index in [-0.39, 0.29) is 24.0 Å². The van der Waals surface area contributed by atoms with Gasteiger partial charge in [0.15, 0.2) is 5.96 Å². The van der Waals surface area contributed by atoms with E-state index in [1.54, 1.807) is 11.3 Å². The number of rotatable bonds is 3. The molecule has 2 rings (SSSR count). The summed E-state index contributed by atoms with van der Waals surface area (Å²) in [5.74, 6) is 0.425. The first-order valence-corrected chi connectivity index (χ1v) is 6.92. The Balaban J connectivity index is 0.00000200. The topological polar surface area (TPSA) is 63.3 Å². The van der Waals surface area contributed by atoms with Gasteiger partial charge in [-0.3, -0.25) is 0 Å². The van der Waals surface area contributed by atoms with Crippen LogP contribution in [0.4, 0.5) is 5.69 Å². The number of aromatic nitrogens is 1. The van der Waals surface area contributed by atoms with E-state index in [4.69, 9.17) is 5.73 Å². The number of anilines is 1. The van der Waals surface area contributed by atoms with Crippen molar-refractivity contribution in [1.29, 1.82) is 0 Å². The van der Waals surface area contributed by atoms with E-state index < -0.39 is 0 Å². The molecule has 0 aliphatic heterocycles. The van der Waals surface area contributed by atoms with Crippen molar-refractivity contribution in [2.75, 3.05) is 5.32 Å². The molecule has 0 spiro atoms. The molecule has 6 heteroatoms. The van der Waals surface area contributed by atoms with Gasteiger partial charge in [0.2, 0.25) is 0 Å². The highest BCUT2D eigenvalue weighted by Gasteiger charge is 2.00. The number of guanidine groups is 1. The number of nitrogens with two attached hydrogens (primary N) is 1. The fourth-order valence-corrected chi connectivity index (χ4v) is 2.37. The molecule has 0 radical (unpaired) electrons. The zero-order valence-corrected chi connectivity index (χ0v) is 15.0. The van der Waals surface area contributed by atoms with Gasteiger partial charge >= 0.3 is 0 Å². The third-order valence-electron chi connectivity index (χ3n) is 2.85. The molecule has 0 saturated heterocycles. The molecule has 0 unspecified atom stereocenters. The third kappa shape index (κ3) is 4.75. The SMILES string of the molecule is Cc1ncc(CN=C(N)Nc2ccc(C)c(C)c2)s1.I. The lowest BCUT2D eigenvalue weighted by atomic mass is 10.1. The van der Waals surface area contributed by atoms with Gasteiger partial charge in [-0.2, -0.15) is 0 Å². The van der Waals surface area contributed by atoms with Crippen LogP contribution in [0.25, 0.3) is 0 Å². The van der Waals surface area contributed by atoms with Crippen LogP contribution in [0.2, 0.25) is 0 Å². The molecule has 20 heavy (non-hydrogen) atoms. The predicted octanol–water partition coefficient (Wildman–Crippen LogP) is 3.61. The number of hydrogen-bond acceptors (Lipinski definition) is 3. The molecule has 108 valence electrons. The Labute approximate surface area is 140 Å². The average molecular weight is 402 g/mol. The maximum atomic E-state index is 5.87. The molecule has 4 nitrogen and oxygen atoms in total. The average Bonchev–Trinajstić information content (AvgIpc) is 2.77. The number of thiazole rings is 1. The normalized spacial score (nSPS) is 11.1. The molecule has 1 heterocycles. The summed E-state index contributed by atoms with van der Waals surface area (Å²) in [6, 6.07) is 6.13. The summed E-state index contributed by atoms with van der Waals surface area (Å²) < 4.78 is 0. The summed E-state index contributed by atoms with van der Waals surface area (Å²) in [6.45, 7) is 6.71. The Bertz CT molecular complexity index is 607. The van der Waals surface area contributed by atoms with Gasteiger partial charge < -0.3 is 11.1 Å². The number of halogens is 1. The molecule has 2 aromatic rings. The molecule has 0 aliphatic rings. The quantitative estimate of drug-likeness (QED) is 0.469. The Morgan fingerprint density at radius 3 is 2.65 bits per heavy atom. The van der Waals surface area contributed by atoms with E-state index in [0.717, 1.165) is 15.6 Å². The second-order valence-electron chi connectivity index (χ2n) is 4.47. The maximum absolute atomic E-state index is 5.87. The number of aryl methyl sites for hydroxylation is 3. The van der Waals surface area contributed by atoms with Gasteiger partial charge in [0.25, 0.3) is 0 Å². The molecule has 1 aromatic heterocycles. The van der Waals surface area contributed by atoms with Crippen LogP contribution in [0.3, 0.4) is 0 Å². The maximum Gasteiger partial charge on any atom is 0.193 e.